The number of H-pyrrole nitrogens is 1. The zero-order chi connectivity index (χ0) is 14.9. The van der Waals surface area contributed by atoms with Crippen LogP contribution in [0.2, 0.25) is 0 Å². The van der Waals surface area contributed by atoms with E-state index in [1.807, 2.05) is 20.8 Å². The minimum atomic E-state index is -1.10. The van der Waals surface area contributed by atoms with Crippen LogP contribution < -0.4 is 5.32 Å². The van der Waals surface area contributed by atoms with E-state index in [1.165, 1.54) is 0 Å². The summed E-state index contributed by atoms with van der Waals surface area (Å²) >= 11 is 0. The van der Waals surface area contributed by atoms with Gasteiger partial charge in [0.15, 0.2) is 0 Å². The Bertz CT molecular complexity index is 655. The van der Waals surface area contributed by atoms with E-state index in [9.17, 15) is 9.59 Å². The Morgan fingerprint density at radius 1 is 1.45 bits per heavy atom. The van der Waals surface area contributed by atoms with Gasteiger partial charge in [-0.15, -0.1) is 0 Å². The molecule has 1 aromatic carbocycles. The van der Waals surface area contributed by atoms with Gasteiger partial charge in [-0.2, -0.15) is 0 Å². The molecule has 1 unspecified atom stereocenters. The molecule has 0 saturated carbocycles. The number of hydrogen-bond acceptors (Lipinski definition) is 3. The molecule has 1 atom stereocenters. The van der Waals surface area contributed by atoms with Gasteiger partial charge in [-0.05, 0) is 23.6 Å². The maximum Gasteiger partial charge on any atom is 0.405 e. The Morgan fingerprint density at radius 2 is 2.15 bits per heavy atom. The molecule has 106 valence electrons. The number of imidazole rings is 1. The zero-order valence-corrected chi connectivity index (χ0v) is 11.6. The Hall–Kier alpha value is -2.37. The highest BCUT2D eigenvalue weighted by atomic mass is 16.4. The van der Waals surface area contributed by atoms with Gasteiger partial charge in [-0.1, -0.05) is 20.8 Å². The number of carbonyl (C=O) groups excluding carboxylic acids is 1. The first-order valence-electron chi connectivity index (χ1n) is 6.25. The lowest BCUT2D eigenvalue weighted by Crippen LogP contribution is -2.36. The highest BCUT2D eigenvalue weighted by Gasteiger charge is 2.30. The topological polar surface area (TPSA) is 95.1 Å². The molecule has 6 nitrogen and oxygen atoms in total. The second-order valence-electron chi connectivity index (χ2n) is 5.77. The van der Waals surface area contributed by atoms with Gasteiger partial charge >= 0.3 is 6.09 Å². The lowest BCUT2D eigenvalue weighted by atomic mass is 9.86. The third-order valence-electron chi connectivity index (χ3n) is 3.07. The molecule has 0 aliphatic heterocycles. The minimum Gasteiger partial charge on any atom is -0.465 e. The smallest absolute Gasteiger partial charge is 0.405 e. The van der Waals surface area contributed by atoms with Crippen molar-refractivity contribution in [2.75, 3.05) is 0 Å². The van der Waals surface area contributed by atoms with Crippen LogP contribution in [-0.2, 0) is 0 Å². The van der Waals surface area contributed by atoms with Gasteiger partial charge in [-0.3, -0.25) is 4.79 Å². The largest absolute Gasteiger partial charge is 0.465 e. The van der Waals surface area contributed by atoms with Crippen molar-refractivity contribution < 1.29 is 14.7 Å². The third-order valence-corrected chi connectivity index (χ3v) is 3.07. The average molecular weight is 275 g/mol. The second-order valence-corrected chi connectivity index (χ2v) is 5.77. The van der Waals surface area contributed by atoms with Crippen LogP contribution in [-0.4, -0.2) is 27.5 Å². The van der Waals surface area contributed by atoms with E-state index < -0.39 is 12.1 Å². The van der Waals surface area contributed by atoms with Crippen LogP contribution in [0, 0.1) is 5.41 Å². The molecule has 0 fully saturated rings. The summed E-state index contributed by atoms with van der Waals surface area (Å²) in [4.78, 5) is 29.2. The van der Waals surface area contributed by atoms with Crippen molar-refractivity contribution in [3.63, 3.8) is 0 Å². The van der Waals surface area contributed by atoms with Crippen LogP contribution in [0.3, 0.4) is 0 Å². The molecule has 20 heavy (non-hydrogen) atoms. The molecule has 0 saturated heterocycles. The molecule has 3 N–H and O–H groups in total. The molecule has 6 heteroatoms. The van der Waals surface area contributed by atoms with E-state index in [0.29, 0.717) is 16.9 Å². The van der Waals surface area contributed by atoms with Crippen LogP contribution in [0.4, 0.5) is 4.79 Å². The number of benzene rings is 1. The zero-order valence-electron chi connectivity index (χ0n) is 11.6. The summed E-state index contributed by atoms with van der Waals surface area (Å²) in [6, 6.07) is 4.65. The fraction of sp³-hybridized carbons (Fsp3) is 0.357. The van der Waals surface area contributed by atoms with Crippen LogP contribution in [0.15, 0.2) is 18.2 Å². The first-order chi connectivity index (χ1) is 9.31. The van der Waals surface area contributed by atoms with Crippen LogP contribution in [0.1, 0.15) is 43.0 Å². The molecule has 1 heterocycles. The van der Waals surface area contributed by atoms with Crippen molar-refractivity contribution in [2.45, 2.75) is 26.8 Å². The molecule has 0 spiro atoms. The molecule has 2 rings (SSSR count). The Kier molecular flexibility index (Phi) is 3.48. The Balaban J connectivity index is 2.48. The lowest BCUT2D eigenvalue weighted by molar-refractivity contribution is 0.112. The number of aldehydes is 1. The van der Waals surface area contributed by atoms with Gasteiger partial charge in [0.25, 0.3) is 0 Å². The molecule has 0 radical (unpaired) electrons. The molecule has 0 aliphatic rings. The average Bonchev–Trinajstić information content (AvgIpc) is 2.76. The maximum atomic E-state index is 10.9. The van der Waals surface area contributed by atoms with Gasteiger partial charge < -0.3 is 15.4 Å². The molecular weight excluding hydrogens is 258 g/mol. The van der Waals surface area contributed by atoms with Gasteiger partial charge in [0.1, 0.15) is 12.1 Å². The number of fused-ring (bicyclic) bond motifs is 1. The number of amides is 1. The van der Waals surface area contributed by atoms with Gasteiger partial charge in [0.05, 0.1) is 17.1 Å². The number of nitrogens with zero attached hydrogens (tertiary/aromatic N) is 1. The van der Waals surface area contributed by atoms with E-state index in [2.05, 4.69) is 15.3 Å². The molecule has 0 bridgehead atoms. The number of aromatic amines is 1. The van der Waals surface area contributed by atoms with Crippen molar-refractivity contribution in [3.05, 3.63) is 29.6 Å². The van der Waals surface area contributed by atoms with Crippen LogP contribution in [0.5, 0.6) is 0 Å². The fourth-order valence-corrected chi connectivity index (χ4v) is 2.07. The van der Waals surface area contributed by atoms with Crippen LogP contribution >= 0.6 is 0 Å². The number of carboxylic acid groups (broad SMARTS) is 1. The quantitative estimate of drug-likeness (QED) is 0.750. The predicted octanol–water partition coefficient (Wildman–Crippen LogP) is 2.73. The van der Waals surface area contributed by atoms with E-state index >= 15 is 0 Å². The van der Waals surface area contributed by atoms with Gasteiger partial charge in [0.2, 0.25) is 0 Å². The fourth-order valence-electron chi connectivity index (χ4n) is 2.07. The summed E-state index contributed by atoms with van der Waals surface area (Å²) < 4.78 is 0. The number of rotatable bonds is 3. The third kappa shape index (κ3) is 2.79. The summed E-state index contributed by atoms with van der Waals surface area (Å²) in [5.41, 5.74) is 1.62. The molecule has 1 aromatic heterocycles. The number of aromatic nitrogens is 2. The van der Waals surface area contributed by atoms with Gasteiger partial charge in [-0.25, -0.2) is 9.78 Å². The SMILES string of the molecule is CC(C)(C)C(NC(=O)O)c1nc2cc(C=O)ccc2[nH]1. The molecule has 2 aromatic rings. The molecule has 0 aliphatic carbocycles. The highest BCUT2D eigenvalue weighted by molar-refractivity contribution is 5.84. The molecule has 1 amide bonds. The van der Waals surface area contributed by atoms with Crippen molar-refractivity contribution in [2.24, 2.45) is 5.41 Å². The second kappa shape index (κ2) is 4.96. The monoisotopic (exact) mass is 275 g/mol. The van der Waals surface area contributed by atoms with Crippen molar-refractivity contribution >= 4 is 23.4 Å². The summed E-state index contributed by atoms with van der Waals surface area (Å²) in [6.07, 6.45) is -0.344. The number of carbonyl (C=O) groups is 2. The summed E-state index contributed by atoms with van der Waals surface area (Å²) in [5.74, 6) is 0.540. The summed E-state index contributed by atoms with van der Waals surface area (Å²) in [5, 5.41) is 11.4. The predicted molar refractivity (Wildman–Crippen MR) is 74.8 cm³/mol. The Labute approximate surface area is 116 Å². The van der Waals surface area contributed by atoms with E-state index in [0.717, 1.165) is 11.8 Å². The standard InChI is InChI=1S/C14H17N3O3/c1-14(2,3)11(17-13(19)20)12-15-9-5-4-8(7-18)6-10(9)16-12/h4-7,11,17H,1-3H3,(H,15,16)(H,19,20). The van der Waals surface area contributed by atoms with Gasteiger partial charge in [0, 0.05) is 5.56 Å². The van der Waals surface area contributed by atoms with Crippen LogP contribution in [0.25, 0.3) is 11.0 Å². The van der Waals surface area contributed by atoms with E-state index in [1.54, 1.807) is 18.2 Å². The first kappa shape index (κ1) is 14.0. The lowest BCUT2D eigenvalue weighted by Gasteiger charge is -2.28. The van der Waals surface area contributed by atoms with E-state index in [4.69, 9.17) is 5.11 Å². The van der Waals surface area contributed by atoms with Crippen molar-refractivity contribution in [1.29, 1.82) is 0 Å². The first-order valence-corrected chi connectivity index (χ1v) is 6.25. The summed E-state index contributed by atoms with van der Waals surface area (Å²) in [6.45, 7) is 5.78. The maximum absolute atomic E-state index is 10.9. The van der Waals surface area contributed by atoms with E-state index in [-0.39, 0.29) is 5.41 Å². The minimum absolute atomic E-state index is 0.334. The van der Waals surface area contributed by atoms with Crippen molar-refractivity contribution in [1.82, 2.24) is 15.3 Å². The molecular formula is C14H17N3O3. The normalized spacial score (nSPS) is 13.2. The van der Waals surface area contributed by atoms with Crippen molar-refractivity contribution in [3.8, 4) is 0 Å². The Morgan fingerprint density at radius 3 is 2.70 bits per heavy atom. The number of nitrogens with one attached hydrogen (secondary N) is 2. The highest BCUT2D eigenvalue weighted by Crippen LogP contribution is 2.32. The summed E-state index contributed by atoms with van der Waals surface area (Å²) in [7, 11) is 0. The number of hydrogen-bond donors (Lipinski definition) is 3.